The second-order valence-electron chi connectivity index (χ2n) is 7.77. The Hall–Kier alpha value is -2.99. The molecule has 0 aliphatic carbocycles. The van der Waals surface area contributed by atoms with Crippen LogP contribution in [-0.4, -0.2) is 28.9 Å². The first-order valence-electron chi connectivity index (χ1n) is 10.5. The van der Waals surface area contributed by atoms with Crippen molar-refractivity contribution in [2.45, 2.75) is 32.4 Å². The van der Waals surface area contributed by atoms with Gasteiger partial charge in [0.1, 0.15) is 13.2 Å². The summed E-state index contributed by atoms with van der Waals surface area (Å²) >= 11 is 5.94. The number of aromatic nitrogens is 2. The van der Waals surface area contributed by atoms with E-state index in [2.05, 4.69) is 22.5 Å². The molecule has 0 bridgehead atoms. The molecule has 0 fully saturated rings. The number of carbonyl (C=O) groups is 1. The second kappa shape index (κ2) is 9.88. The first kappa shape index (κ1) is 21.2. The van der Waals surface area contributed by atoms with Gasteiger partial charge in [-0.3, -0.25) is 9.48 Å². The van der Waals surface area contributed by atoms with E-state index in [4.69, 9.17) is 21.1 Å². The molecule has 1 aliphatic rings. The number of hydrogen-bond acceptors (Lipinski definition) is 4. The average Bonchev–Trinajstić information content (AvgIpc) is 3.21. The number of fused-ring (bicyclic) bond motifs is 1. The Morgan fingerprint density at radius 2 is 1.94 bits per heavy atom. The van der Waals surface area contributed by atoms with Crippen LogP contribution in [0, 0.1) is 5.92 Å². The average molecular weight is 440 g/mol. The minimum atomic E-state index is -0.257. The van der Waals surface area contributed by atoms with Crippen LogP contribution in [0.5, 0.6) is 11.5 Å². The normalized spacial score (nSPS) is 14.6. The summed E-state index contributed by atoms with van der Waals surface area (Å²) in [5.74, 6) is 1.18. The number of benzene rings is 2. The number of aryl methyl sites for hydroxylation is 1. The van der Waals surface area contributed by atoms with Gasteiger partial charge >= 0.3 is 0 Å². The third kappa shape index (κ3) is 5.58. The van der Waals surface area contributed by atoms with Crippen molar-refractivity contribution < 1.29 is 14.3 Å². The highest BCUT2D eigenvalue weighted by Crippen LogP contribution is 2.33. The third-order valence-electron chi connectivity index (χ3n) is 5.36. The molecule has 0 spiro atoms. The van der Waals surface area contributed by atoms with Crippen molar-refractivity contribution in [3.8, 4) is 11.5 Å². The molecule has 0 unspecified atom stereocenters. The van der Waals surface area contributed by atoms with E-state index in [0.717, 1.165) is 29.9 Å². The summed E-state index contributed by atoms with van der Waals surface area (Å²) in [5, 5.41) is 7.96. The Balaban J connectivity index is 1.49. The fourth-order valence-corrected chi connectivity index (χ4v) is 3.83. The number of carbonyl (C=O) groups excluding carboxylic acids is 1. The van der Waals surface area contributed by atoms with Crippen molar-refractivity contribution in [1.82, 2.24) is 15.1 Å². The highest BCUT2D eigenvalue weighted by molar-refractivity contribution is 6.30. The van der Waals surface area contributed by atoms with E-state index in [9.17, 15) is 4.79 Å². The van der Waals surface area contributed by atoms with Crippen molar-refractivity contribution in [2.75, 3.05) is 13.2 Å². The minimum Gasteiger partial charge on any atom is -0.486 e. The predicted octanol–water partition coefficient (Wildman–Crippen LogP) is 4.43. The molecule has 1 N–H and O–H groups in total. The number of nitrogens with one attached hydrogen (secondary N) is 1. The number of halogens is 1. The first-order chi connectivity index (χ1) is 15.1. The Morgan fingerprint density at radius 1 is 1.16 bits per heavy atom. The van der Waals surface area contributed by atoms with Gasteiger partial charge in [-0.05, 0) is 36.1 Å². The zero-order valence-corrected chi connectivity index (χ0v) is 18.2. The molecule has 31 heavy (non-hydrogen) atoms. The van der Waals surface area contributed by atoms with Gasteiger partial charge in [0.2, 0.25) is 5.91 Å². The molecule has 3 aromatic rings. The molecular formula is C24H26ClN3O3. The van der Waals surface area contributed by atoms with Gasteiger partial charge in [0.05, 0.1) is 29.7 Å². The zero-order valence-electron chi connectivity index (χ0n) is 17.5. The van der Waals surface area contributed by atoms with Crippen molar-refractivity contribution >= 4 is 17.5 Å². The van der Waals surface area contributed by atoms with Crippen LogP contribution in [-0.2, 0) is 17.8 Å². The van der Waals surface area contributed by atoms with Crippen LogP contribution in [0.2, 0.25) is 5.02 Å². The van der Waals surface area contributed by atoms with Gasteiger partial charge in [0.25, 0.3) is 0 Å². The maximum atomic E-state index is 13.0. The lowest BCUT2D eigenvalue weighted by Crippen LogP contribution is -2.35. The lowest BCUT2D eigenvalue weighted by molar-refractivity contribution is -0.125. The molecule has 4 rings (SSSR count). The van der Waals surface area contributed by atoms with Gasteiger partial charge < -0.3 is 14.8 Å². The standard InChI is InChI=1S/C24H26ClN3O3/c1-17(15-28-16-20(25)14-26-28)24(29)27-21(9-7-18-5-3-2-4-6-18)19-8-10-22-23(13-19)31-12-11-30-22/h2-6,8,10,13-14,16-17,21H,7,9,11-12,15H2,1H3,(H,27,29)/t17-,21+/m0/s1. The molecule has 1 aliphatic heterocycles. The first-order valence-corrected chi connectivity index (χ1v) is 10.9. The molecule has 1 aromatic heterocycles. The van der Waals surface area contributed by atoms with Crippen LogP contribution >= 0.6 is 11.6 Å². The minimum absolute atomic E-state index is 0.0282. The maximum Gasteiger partial charge on any atom is 0.225 e. The molecule has 2 atom stereocenters. The molecule has 6 nitrogen and oxygen atoms in total. The molecule has 1 amide bonds. The summed E-state index contributed by atoms with van der Waals surface area (Å²) in [6, 6.07) is 16.0. The van der Waals surface area contributed by atoms with Crippen LogP contribution in [0.3, 0.4) is 0 Å². The molecule has 0 saturated heterocycles. The van der Waals surface area contributed by atoms with E-state index in [1.165, 1.54) is 5.56 Å². The van der Waals surface area contributed by atoms with Crippen LogP contribution in [0.25, 0.3) is 0 Å². The predicted molar refractivity (Wildman–Crippen MR) is 119 cm³/mol. The molecule has 162 valence electrons. The van der Waals surface area contributed by atoms with E-state index in [-0.39, 0.29) is 17.9 Å². The number of amides is 1. The summed E-state index contributed by atoms with van der Waals surface area (Å²) in [7, 11) is 0. The number of nitrogens with zero attached hydrogens (tertiary/aromatic N) is 2. The molecule has 0 saturated carbocycles. The molecule has 2 aromatic carbocycles. The third-order valence-corrected chi connectivity index (χ3v) is 5.56. The summed E-state index contributed by atoms with van der Waals surface area (Å²) in [6.07, 6.45) is 4.92. The van der Waals surface area contributed by atoms with Crippen LogP contribution < -0.4 is 14.8 Å². The van der Waals surface area contributed by atoms with Crippen molar-refractivity contribution in [3.63, 3.8) is 0 Å². The quantitative estimate of drug-likeness (QED) is 0.563. The maximum absolute atomic E-state index is 13.0. The Bertz CT molecular complexity index is 1020. The van der Waals surface area contributed by atoms with Gasteiger partial charge in [0, 0.05) is 6.20 Å². The lowest BCUT2D eigenvalue weighted by atomic mass is 9.97. The Morgan fingerprint density at radius 3 is 2.68 bits per heavy atom. The van der Waals surface area contributed by atoms with Gasteiger partial charge in [-0.1, -0.05) is 54.9 Å². The number of hydrogen-bond donors (Lipinski definition) is 1. The van der Waals surface area contributed by atoms with Crippen LogP contribution in [0.4, 0.5) is 0 Å². The molecule has 7 heteroatoms. The van der Waals surface area contributed by atoms with E-state index in [1.54, 1.807) is 17.1 Å². The van der Waals surface area contributed by atoms with E-state index in [0.29, 0.717) is 24.8 Å². The van der Waals surface area contributed by atoms with Gasteiger partial charge in [-0.15, -0.1) is 0 Å². The van der Waals surface area contributed by atoms with Crippen molar-refractivity contribution in [2.24, 2.45) is 5.92 Å². The van der Waals surface area contributed by atoms with E-state index < -0.39 is 0 Å². The number of ether oxygens (including phenoxy) is 2. The lowest BCUT2D eigenvalue weighted by Gasteiger charge is -2.24. The highest BCUT2D eigenvalue weighted by atomic mass is 35.5. The largest absolute Gasteiger partial charge is 0.486 e. The summed E-state index contributed by atoms with van der Waals surface area (Å²) in [4.78, 5) is 13.0. The Labute approximate surface area is 187 Å². The van der Waals surface area contributed by atoms with E-state index >= 15 is 0 Å². The van der Waals surface area contributed by atoms with Gasteiger partial charge in [0.15, 0.2) is 11.5 Å². The molecular weight excluding hydrogens is 414 g/mol. The molecule has 2 heterocycles. The Kier molecular flexibility index (Phi) is 6.77. The van der Waals surface area contributed by atoms with Gasteiger partial charge in [-0.25, -0.2) is 0 Å². The fourth-order valence-electron chi connectivity index (χ4n) is 3.67. The smallest absolute Gasteiger partial charge is 0.225 e. The SMILES string of the molecule is C[C@@H](Cn1cc(Cl)cn1)C(=O)N[C@H](CCc1ccccc1)c1ccc2c(c1)OCCO2. The summed E-state index contributed by atoms with van der Waals surface area (Å²) < 4.78 is 13.1. The topological polar surface area (TPSA) is 65.4 Å². The highest BCUT2D eigenvalue weighted by Gasteiger charge is 2.22. The fraction of sp³-hybridized carbons (Fsp3) is 0.333. The van der Waals surface area contributed by atoms with Crippen LogP contribution in [0.1, 0.15) is 30.5 Å². The van der Waals surface area contributed by atoms with Crippen molar-refractivity contribution in [1.29, 1.82) is 0 Å². The molecule has 0 radical (unpaired) electrons. The van der Waals surface area contributed by atoms with Gasteiger partial charge in [-0.2, -0.15) is 5.10 Å². The monoisotopic (exact) mass is 439 g/mol. The number of rotatable bonds is 8. The van der Waals surface area contributed by atoms with Crippen molar-refractivity contribution in [3.05, 3.63) is 77.1 Å². The summed E-state index contributed by atoms with van der Waals surface area (Å²) in [6.45, 7) is 3.44. The zero-order chi connectivity index (χ0) is 21.6. The van der Waals surface area contributed by atoms with E-state index in [1.807, 2.05) is 43.3 Å². The summed E-state index contributed by atoms with van der Waals surface area (Å²) in [5.41, 5.74) is 2.24. The second-order valence-corrected chi connectivity index (χ2v) is 8.21. The van der Waals surface area contributed by atoms with Crippen LogP contribution in [0.15, 0.2) is 60.9 Å².